The molecule has 0 radical (unpaired) electrons. The monoisotopic (exact) mass is 380 g/mol. The highest BCUT2D eigenvalue weighted by Crippen LogP contribution is 2.27. The molecule has 0 fully saturated rings. The van der Waals surface area contributed by atoms with E-state index in [1.54, 1.807) is 24.3 Å². The smallest absolute Gasteiger partial charge is 0.227 e. The summed E-state index contributed by atoms with van der Waals surface area (Å²) in [7, 11) is -3.75. The average Bonchev–Trinajstić information content (AvgIpc) is 2.67. The molecule has 138 valence electrons. The van der Waals surface area contributed by atoms with Crippen molar-refractivity contribution in [3.8, 4) is 0 Å². The van der Waals surface area contributed by atoms with Crippen LogP contribution in [-0.2, 0) is 22.8 Å². The van der Waals surface area contributed by atoms with Crippen molar-refractivity contribution in [2.45, 2.75) is 29.7 Å². The minimum Gasteiger partial charge on any atom is -0.382 e. The van der Waals surface area contributed by atoms with E-state index in [-0.39, 0.29) is 15.6 Å². The van der Waals surface area contributed by atoms with E-state index in [4.69, 9.17) is 5.73 Å². The van der Waals surface area contributed by atoms with Crippen LogP contribution in [0, 0.1) is 6.92 Å². The lowest BCUT2D eigenvalue weighted by molar-refractivity contribution is 0.595. The maximum Gasteiger partial charge on any atom is 0.227 e. The molecule has 0 atom stereocenters. The highest BCUT2D eigenvalue weighted by molar-refractivity contribution is 7.91. The van der Waals surface area contributed by atoms with Gasteiger partial charge in [-0.2, -0.15) is 4.98 Å². The molecule has 2 aromatic carbocycles. The fourth-order valence-corrected chi connectivity index (χ4v) is 4.51. The number of nitrogens with two attached hydrogens (primary N) is 1. The molecule has 1 aliphatic heterocycles. The first-order valence-electron chi connectivity index (χ1n) is 8.71. The molecule has 4 rings (SSSR count). The molecular weight excluding hydrogens is 360 g/mol. The third kappa shape index (κ3) is 3.26. The van der Waals surface area contributed by atoms with Gasteiger partial charge in [-0.05, 0) is 36.6 Å². The lowest BCUT2D eigenvalue weighted by Crippen LogP contribution is -2.32. The van der Waals surface area contributed by atoms with Crippen LogP contribution in [0.25, 0.3) is 0 Å². The van der Waals surface area contributed by atoms with Crippen LogP contribution in [-0.4, -0.2) is 24.9 Å². The first-order valence-corrected chi connectivity index (χ1v) is 10.2. The maximum atomic E-state index is 12.8. The number of sulfone groups is 1. The Balaban J connectivity index is 1.65. The van der Waals surface area contributed by atoms with Crippen LogP contribution in [0.15, 0.2) is 64.5 Å². The van der Waals surface area contributed by atoms with Gasteiger partial charge in [0.25, 0.3) is 0 Å². The second kappa shape index (κ2) is 6.66. The van der Waals surface area contributed by atoms with Gasteiger partial charge < -0.3 is 10.6 Å². The Morgan fingerprint density at radius 1 is 1.04 bits per heavy atom. The topological polar surface area (TPSA) is 89.2 Å². The van der Waals surface area contributed by atoms with Crippen LogP contribution in [0.2, 0.25) is 0 Å². The van der Waals surface area contributed by atoms with E-state index in [1.807, 2.05) is 24.0 Å². The van der Waals surface area contributed by atoms with Crippen LogP contribution in [0.3, 0.4) is 0 Å². The number of nitrogens with zero attached hydrogens (tertiary/aromatic N) is 3. The average molecular weight is 380 g/mol. The molecule has 3 aromatic rings. The highest BCUT2D eigenvalue weighted by Gasteiger charge is 2.24. The van der Waals surface area contributed by atoms with Gasteiger partial charge >= 0.3 is 0 Å². The quantitative estimate of drug-likeness (QED) is 0.751. The molecule has 0 saturated heterocycles. The number of hydrogen-bond acceptors (Lipinski definition) is 6. The SMILES string of the molecule is Cc1ccc(S(=O)(=O)c2cnc(N3CCc4ccccc4C3)nc2N)cc1. The Kier molecular flexibility index (Phi) is 4.31. The van der Waals surface area contributed by atoms with Gasteiger partial charge in [0, 0.05) is 13.1 Å². The molecule has 0 aliphatic carbocycles. The van der Waals surface area contributed by atoms with Crippen LogP contribution in [0.1, 0.15) is 16.7 Å². The van der Waals surface area contributed by atoms with Gasteiger partial charge in [-0.15, -0.1) is 0 Å². The lowest BCUT2D eigenvalue weighted by Gasteiger charge is -2.29. The van der Waals surface area contributed by atoms with Gasteiger partial charge in [0.15, 0.2) is 0 Å². The van der Waals surface area contributed by atoms with Gasteiger partial charge in [0.2, 0.25) is 15.8 Å². The van der Waals surface area contributed by atoms with Gasteiger partial charge in [-0.25, -0.2) is 13.4 Å². The van der Waals surface area contributed by atoms with Crippen molar-refractivity contribution in [3.63, 3.8) is 0 Å². The summed E-state index contributed by atoms with van der Waals surface area (Å²) in [5.41, 5.74) is 9.55. The second-order valence-corrected chi connectivity index (χ2v) is 8.59. The Hall–Kier alpha value is -2.93. The Bertz CT molecular complexity index is 1100. The fourth-order valence-electron chi connectivity index (χ4n) is 3.24. The first kappa shape index (κ1) is 17.5. The number of anilines is 2. The van der Waals surface area contributed by atoms with E-state index in [0.29, 0.717) is 12.5 Å². The Morgan fingerprint density at radius 3 is 2.44 bits per heavy atom. The number of nitrogen functional groups attached to an aromatic ring is 1. The summed E-state index contributed by atoms with van der Waals surface area (Å²) in [5, 5.41) is 0. The molecule has 0 amide bonds. The molecule has 0 spiro atoms. The minimum absolute atomic E-state index is 0.0283. The minimum atomic E-state index is -3.75. The summed E-state index contributed by atoms with van der Waals surface area (Å²) in [5.74, 6) is 0.421. The number of benzene rings is 2. The standard InChI is InChI=1S/C20H20N4O2S/c1-14-6-8-17(9-7-14)27(25,26)18-12-22-20(23-19(18)21)24-11-10-15-4-2-3-5-16(15)13-24/h2-9,12H,10-11,13H2,1H3,(H2,21,22,23). The number of aromatic nitrogens is 2. The van der Waals surface area contributed by atoms with Crippen molar-refractivity contribution in [1.29, 1.82) is 0 Å². The Labute approximate surface area is 158 Å². The van der Waals surface area contributed by atoms with Crippen LogP contribution >= 0.6 is 0 Å². The van der Waals surface area contributed by atoms with E-state index in [2.05, 4.69) is 22.1 Å². The Morgan fingerprint density at radius 2 is 1.74 bits per heavy atom. The van der Waals surface area contributed by atoms with Crippen molar-refractivity contribution in [2.75, 3.05) is 17.2 Å². The summed E-state index contributed by atoms with van der Waals surface area (Å²) in [6, 6.07) is 14.9. The number of rotatable bonds is 3. The third-order valence-corrected chi connectivity index (χ3v) is 6.59. The van der Waals surface area contributed by atoms with Crippen molar-refractivity contribution < 1.29 is 8.42 Å². The predicted octanol–water partition coefficient (Wildman–Crippen LogP) is 2.76. The van der Waals surface area contributed by atoms with Crippen LogP contribution in [0.5, 0.6) is 0 Å². The normalized spacial score (nSPS) is 14.0. The summed E-state index contributed by atoms with van der Waals surface area (Å²) in [6.45, 7) is 3.35. The van der Waals surface area contributed by atoms with Gasteiger partial charge in [0.1, 0.15) is 10.7 Å². The molecule has 6 nitrogen and oxygen atoms in total. The summed E-state index contributed by atoms with van der Waals surface area (Å²) < 4.78 is 25.7. The fraction of sp³-hybridized carbons (Fsp3) is 0.200. The van der Waals surface area contributed by atoms with Crippen molar-refractivity contribution in [2.24, 2.45) is 0 Å². The number of aryl methyl sites for hydroxylation is 1. The molecule has 1 aliphatic rings. The largest absolute Gasteiger partial charge is 0.382 e. The maximum absolute atomic E-state index is 12.8. The predicted molar refractivity (Wildman–Crippen MR) is 104 cm³/mol. The first-order chi connectivity index (χ1) is 12.9. The van der Waals surface area contributed by atoms with E-state index in [9.17, 15) is 8.42 Å². The number of fused-ring (bicyclic) bond motifs is 1. The number of hydrogen-bond donors (Lipinski definition) is 1. The molecule has 0 bridgehead atoms. The highest BCUT2D eigenvalue weighted by atomic mass is 32.2. The lowest BCUT2D eigenvalue weighted by atomic mass is 10.0. The summed E-state index contributed by atoms with van der Waals surface area (Å²) >= 11 is 0. The molecule has 1 aromatic heterocycles. The molecule has 0 unspecified atom stereocenters. The van der Waals surface area contributed by atoms with Gasteiger partial charge in [0.05, 0.1) is 11.1 Å². The van der Waals surface area contributed by atoms with Crippen LogP contribution in [0.4, 0.5) is 11.8 Å². The zero-order valence-electron chi connectivity index (χ0n) is 15.0. The third-order valence-electron chi connectivity index (χ3n) is 4.80. The molecule has 0 saturated carbocycles. The second-order valence-electron chi connectivity index (χ2n) is 6.68. The summed E-state index contributed by atoms with van der Waals surface area (Å²) in [6.07, 6.45) is 2.20. The van der Waals surface area contributed by atoms with Crippen molar-refractivity contribution in [1.82, 2.24) is 9.97 Å². The van der Waals surface area contributed by atoms with Crippen molar-refractivity contribution in [3.05, 3.63) is 71.4 Å². The van der Waals surface area contributed by atoms with E-state index in [0.717, 1.165) is 18.5 Å². The molecule has 2 N–H and O–H groups in total. The molecule has 2 heterocycles. The molecular formula is C20H20N4O2S. The zero-order chi connectivity index (χ0) is 19.0. The van der Waals surface area contributed by atoms with E-state index in [1.165, 1.54) is 17.3 Å². The zero-order valence-corrected chi connectivity index (χ0v) is 15.8. The van der Waals surface area contributed by atoms with E-state index < -0.39 is 9.84 Å². The van der Waals surface area contributed by atoms with Gasteiger partial charge in [-0.3, -0.25) is 0 Å². The van der Waals surface area contributed by atoms with Crippen LogP contribution < -0.4 is 10.6 Å². The van der Waals surface area contributed by atoms with Crippen molar-refractivity contribution >= 4 is 21.6 Å². The summed E-state index contributed by atoms with van der Waals surface area (Å²) in [4.78, 5) is 10.7. The molecule has 7 heteroatoms. The van der Waals surface area contributed by atoms with Gasteiger partial charge in [-0.1, -0.05) is 42.0 Å². The van der Waals surface area contributed by atoms with E-state index >= 15 is 0 Å². The molecule has 27 heavy (non-hydrogen) atoms.